The molecule has 0 amide bonds. The van der Waals surface area contributed by atoms with Crippen LogP contribution in [0.2, 0.25) is 0 Å². The number of likely N-dealkylation sites (tertiary alicyclic amines) is 1. The van der Waals surface area contributed by atoms with Gasteiger partial charge in [-0.25, -0.2) is 0 Å². The minimum absolute atomic E-state index is 0.365. The Labute approximate surface area is 75.9 Å². The molecule has 0 saturated carbocycles. The van der Waals surface area contributed by atoms with Gasteiger partial charge >= 0.3 is 0 Å². The number of hydrogen-bond acceptors (Lipinski definition) is 2. The molecule has 0 aromatic carbocycles. The van der Waals surface area contributed by atoms with Gasteiger partial charge in [-0.15, -0.1) is 0 Å². The van der Waals surface area contributed by atoms with Crippen LogP contribution in [0.25, 0.3) is 0 Å². The molecule has 1 atom stereocenters. The molecule has 0 radical (unpaired) electrons. The molecule has 1 rings (SSSR count). The first-order chi connectivity index (χ1) is 5.75. The lowest BCUT2D eigenvalue weighted by atomic mass is 9.92. The number of nitrogens with zero attached hydrogens (tertiary/aromatic N) is 1. The van der Waals surface area contributed by atoms with Crippen LogP contribution >= 0.6 is 0 Å². The Morgan fingerprint density at radius 2 is 2.25 bits per heavy atom. The van der Waals surface area contributed by atoms with Crippen molar-refractivity contribution in [1.82, 2.24) is 4.90 Å². The summed E-state index contributed by atoms with van der Waals surface area (Å²) in [4.78, 5) is 2.47. The Kier molecular flexibility index (Phi) is 3.53. The Balaban J connectivity index is 2.57. The van der Waals surface area contributed by atoms with Gasteiger partial charge in [0.25, 0.3) is 0 Å². The van der Waals surface area contributed by atoms with Gasteiger partial charge in [0.2, 0.25) is 0 Å². The molecule has 0 spiro atoms. The minimum atomic E-state index is 0.365. The maximum Gasteiger partial charge on any atom is 0.0646 e. The fourth-order valence-electron chi connectivity index (χ4n) is 2.38. The summed E-state index contributed by atoms with van der Waals surface area (Å²) in [6.07, 6.45) is 5.18. The molecule has 72 valence electrons. The summed E-state index contributed by atoms with van der Waals surface area (Å²) in [5.74, 6) is 0. The van der Waals surface area contributed by atoms with Crippen molar-refractivity contribution in [3.8, 4) is 0 Å². The highest BCUT2D eigenvalue weighted by Crippen LogP contribution is 2.32. The van der Waals surface area contributed by atoms with E-state index in [0.29, 0.717) is 5.54 Å². The zero-order valence-corrected chi connectivity index (χ0v) is 8.60. The van der Waals surface area contributed by atoms with Crippen LogP contribution in [0.15, 0.2) is 0 Å². The van der Waals surface area contributed by atoms with Gasteiger partial charge in [-0.2, -0.15) is 0 Å². The highest BCUT2D eigenvalue weighted by Gasteiger charge is 2.37. The number of ether oxygens (including phenoxy) is 1. The second-order valence-corrected chi connectivity index (χ2v) is 3.93. The third-order valence-electron chi connectivity index (χ3n) is 3.07. The average Bonchev–Trinajstić information content (AvgIpc) is 2.35. The van der Waals surface area contributed by atoms with E-state index in [2.05, 4.69) is 18.9 Å². The lowest BCUT2D eigenvalue weighted by Gasteiger charge is -2.35. The quantitative estimate of drug-likeness (QED) is 0.640. The lowest BCUT2D eigenvalue weighted by Crippen LogP contribution is -2.45. The second kappa shape index (κ2) is 4.24. The predicted octanol–water partition coefficient (Wildman–Crippen LogP) is 1.90. The number of likely N-dealkylation sites (N-methyl/N-ethyl adjacent to an activating group) is 1. The fourth-order valence-corrected chi connectivity index (χ4v) is 2.38. The van der Waals surface area contributed by atoms with Gasteiger partial charge in [-0.1, -0.05) is 13.3 Å². The van der Waals surface area contributed by atoms with E-state index in [4.69, 9.17) is 4.74 Å². The molecule has 1 fully saturated rings. The maximum atomic E-state index is 5.31. The molecule has 0 aromatic heterocycles. The summed E-state index contributed by atoms with van der Waals surface area (Å²) in [6, 6.07) is 0. The van der Waals surface area contributed by atoms with Gasteiger partial charge in [0.05, 0.1) is 6.61 Å². The number of hydrogen-bond donors (Lipinski definition) is 0. The van der Waals surface area contributed by atoms with E-state index in [0.717, 1.165) is 6.61 Å². The van der Waals surface area contributed by atoms with Crippen molar-refractivity contribution >= 4 is 0 Å². The van der Waals surface area contributed by atoms with E-state index in [1.165, 1.54) is 32.2 Å². The second-order valence-electron chi connectivity index (χ2n) is 3.93. The molecular weight excluding hydrogens is 150 g/mol. The van der Waals surface area contributed by atoms with Gasteiger partial charge in [-0.3, -0.25) is 4.90 Å². The first-order valence-corrected chi connectivity index (χ1v) is 4.95. The molecule has 0 aromatic rings. The van der Waals surface area contributed by atoms with Gasteiger partial charge in [0, 0.05) is 12.6 Å². The Morgan fingerprint density at radius 1 is 1.50 bits per heavy atom. The molecule has 12 heavy (non-hydrogen) atoms. The third-order valence-corrected chi connectivity index (χ3v) is 3.07. The molecule has 0 aliphatic carbocycles. The molecule has 0 bridgehead atoms. The minimum Gasteiger partial charge on any atom is -0.383 e. The van der Waals surface area contributed by atoms with E-state index in [9.17, 15) is 0 Å². The summed E-state index contributed by atoms with van der Waals surface area (Å²) in [7, 11) is 4.03. The topological polar surface area (TPSA) is 12.5 Å². The van der Waals surface area contributed by atoms with Gasteiger partial charge in [-0.05, 0) is 32.9 Å². The van der Waals surface area contributed by atoms with Crippen LogP contribution in [0.5, 0.6) is 0 Å². The first kappa shape index (κ1) is 10.0. The van der Waals surface area contributed by atoms with Gasteiger partial charge in [0.1, 0.15) is 0 Å². The summed E-state index contributed by atoms with van der Waals surface area (Å²) in [5, 5.41) is 0. The van der Waals surface area contributed by atoms with Crippen molar-refractivity contribution in [2.45, 2.75) is 38.1 Å². The lowest BCUT2D eigenvalue weighted by molar-refractivity contribution is 0.0461. The highest BCUT2D eigenvalue weighted by atomic mass is 16.5. The van der Waals surface area contributed by atoms with Gasteiger partial charge in [0.15, 0.2) is 0 Å². The third kappa shape index (κ3) is 1.80. The molecule has 1 aliphatic heterocycles. The average molecular weight is 171 g/mol. The predicted molar refractivity (Wildman–Crippen MR) is 51.4 cm³/mol. The number of rotatable bonds is 4. The maximum absolute atomic E-state index is 5.31. The number of methoxy groups -OCH3 is 1. The van der Waals surface area contributed by atoms with Crippen molar-refractivity contribution in [3.05, 3.63) is 0 Å². The zero-order chi connectivity index (χ0) is 9.03. The standard InChI is InChI=1S/C10H21NO/c1-4-6-10(9-12-3)7-5-8-11(10)2/h4-9H2,1-3H3/t10-/m0/s1. The summed E-state index contributed by atoms with van der Waals surface area (Å²) < 4.78 is 5.31. The zero-order valence-electron chi connectivity index (χ0n) is 8.60. The SMILES string of the molecule is CCC[C@@]1(COC)CCCN1C. The van der Waals surface area contributed by atoms with Gasteiger partial charge < -0.3 is 4.74 Å². The highest BCUT2D eigenvalue weighted by molar-refractivity contribution is 4.93. The van der Waals surface area contributed by atoms with Crippen LogP contribution in [-0.2, 0) is 4.74 Å². The first-order valence-electron chi connectivity index (χ1n) is 4.95. The van der Waals surface area contributed by atoms with E-state index >= 15 is 0 Å². The Morgan fingerprint density at radius 3 is 2.67 bits per heavy atom. The molecular formula is C10H21NO. The van der Waals surface area contributed by atoms with Crippen molar-refractivity contribution in [2.75, 3.05) is 27.3 Å². The summed E-state index contributed by atoms with van der Waals surface area (Å²) in [6.45, 7) is 4.39. The summed E-state index contributed by atoms with van der Waals surface area (Å²) >= 11 is 0. The van der Waals surface area contributed by atoms with Crippen molar-refractivity contribution in [1.29, 1.82) is 0 Å². The molecule has 1 heterocycles. The van der Waals surface area contributed by atoms with E-state index < -0.39 is 0 Å². The molecule has 0 N–H and O–H groups in total. The van der Waals surface area contributed by atoms with E-state index in [1.807, 2.05) is 7.11 Å². The Hall–Kier alpha value is -0.0800. The van der Waals surface area contributed by atoms with Crippen LogP contribution in [0.1, 0.15) is 32.6 Å². The van der Waals surface area contributed by atoms with Crippen LogP contribution in [-0.4, -0.2) is 37.7 Å². The molecule has 2 heteroatoms. The Bertz CT molecular complexity index is 130. The summed E-state index contributed by atoms with van der Waals surface area (Å²) in [5.41, 5.74) is 0.365. The normalized spacial score (nSPS) is 31.2. The molecule has 1 aliphatic rings. The van der Waals surface area contributed by atoms with Crippen molar-refractivity contribution in [2.24, 2.45) is 0 Å². The smallest absolute Gasteiger partial charge is 0.0646 e. The van der Waals surface area contributed by atoms with Crippen LogP contribution in [0.3, 0.4) is 0 Å². The molecule has 2 nitrogen and oxygen atoms in total. The van der Waals surface area contributed by atoms with Crippen LogP contribution < -0.4 is 0 Å². The fraction of sp³-hybridized carbons (Fsp3) is 1.00. The van der Waals surface area contributed by atoms with Crippen LogP contribution in [0.4, 0.5) is 0 Å². The van der Waals surface area contributed by atoms with Crippen molar-refractivity contribution in [3.63, 3.8) is 0 Å². The molecule has 0 unspecified atom stereocenters. The van der Waals surface area contributed by atoms with Crippen LogP contribution in [0, 0.1) is 0 Å². The monoisotopic (exact) mass is 171 g/mol. The van der Waals surface area contributed by atoms with Crippen molar-refractivity contribution < 1.29 is 4.74 Å². The molecule has 1 saturated heterocycles. The van der Waals surface area contributed by atoms with E-state index in [-0.39, 0.29) is 0 Å². The largest absolute Gasteiger partial charge is 0.383 e. The van der Waals surface area contributed by atoms with E-state index in [1.54, 1.807) is 0 Å².